The minimum Gasteiger partial charge on any atom is -0.493 e. The number of benzene rings is 1. The lowest BCUT2D eigenvalue weighted by Crippen LogP contribution is -2.44. The van der Waals surface area contributed by atoms with Gasteiger partial charge in [0.15, 0.2) is 17.5 Å². The Balaban J connectivity index is 0.00000338. The molecule has 1 atom stereocenters. The summed E-state index contributed by atoms with van der Waals surface area (Å²) in [5.41, 5.74) is 1.13. The predicted molar refractivity (Wildman–Crippen MR) is 118 cm³/mol. The van der Waals surface area contributed by atoms with E-state index in [9.17, 15) is 0 Å². The zero-order chi connectivity index (χ0) is 18.1. The first kappa shape index (κ1) is 22.8. The number of halogens is 1. The molecule has 1 aromatic carbocycles. The van der Waals surface area contributed by atoms with E-state index in [4.69, 9.17) is 9.47 Å². The number of likely N-dealkylation sites (N-methyl/N-ethyl adjacent to an activating group) is 1. The number of aliphatic imine (C=N–C) groups is 1. The van der Waals surface area contributed by atoms with E-state index in [-0.39, 0.29) is 24.0 Å². The topological polar surface area (TPSA) is 58.1 Å². The first-order valence-electron chi connectivity index (χ1n) is 9.20. The Bertz CT molecular complexity index is 568. The molecule has 0 radical (unpaired) electrons. The molecule has 2 rings (SSSR count). The summed E-state index contributed by atoms with van der Waals surface area (Å²) >= 11 is 0. The summed E-state index contributed by atoms with van der Waals surface area (Å²) in [7, 11) is 3.46. The smallest absolute Gasteiger partial charge is 0.191 e. The first-order chi connectivity index (χ1) is 12.2. The van der Waals surface area contributed by atoms with Crippen LogP contribution in [0.3, 0.4) is 0 Å². The van der Waals surface area contributed by atoms with Gasteiger partial charge in [-0.3, -0.25) is 9.89 Å². The van der Waals surface area contributed by atoms with Gasteiger partial charge in [-0.15, -0.1) is 24.0 Å². The molecule has 7 heteroatoms. The number of nitrogens with zero attached hydrogens (tertiary/aromatic N) is 2. The number of likely N-dealkylation sites (tertiary alicyclic amines) is 1. The van der Waals surface area contributed by atoms with Crippen LogP contribution in [0.25, 0.3) is 0 Å². The number of rotatable bonds is 8. The van der Waals surface area contributed by atoms with Crippen molar-refractivity contribution in [2.24, 2.45) is 4.99 Å². The molecule has 1 saturated heterocycles. The average molecular weight is 476 g/mol. The number of hydrogen-bond acceptors (Lipinski definition) is 4. The van der Waals surface area contributed by atoms with Gasteiger partial charge in [-0.1, -0.05) is 13.0 Å². The Kier molecular flexibility index (Phi) is 10.7. The van der Waals surface area contributed by atoms with Crippen LogP contribution in [0.5, 0.6) is 11.5 Å². The zero-order valence-corrected chi connectivity index (χ0v) is 18.7. The van der Waals surface area contributed by atoms with E-state index in [0.29, 0.717) is 19.2 Å². The number of nitrogens with one attached hydrogen (secondary N) is 2. The molecular weight excluding hydrogens is 443 g/mol. The predicted octanol–water partition coefficient (Wildman–Crippen LogP) is 2.86. The molecule has 1 unspecified atom stereocenters. The largest absolute Gasteiger partial charge is 0.493 e. The minimum atomic E-state index is 0. The highest BCUT2D eigenvalue weighted by Crippen LogP contribution is 2.27. The summed E-state index contributed by atoms with van der Waals surface area (Å²) in [5.74, 6) is 2.36. The summed E-state index contributed by atoms with van der Waals surface area (Å²) in [6.45, 7) is 8.76. The standard InChI is InChI=1S/C19H32N4O2.HI/c1-5-23-11-7-8-16(23)14-22-19(20-3)21-13-15-9-10-17(24-4)18(12-15)25-6-2;/h9-10,12,16H,5-8,11,13-14H2,1-4H3,(H2,20,21,22);1H. The number of methoxy groups -OCH3 is 1. The third kappa shape index (κ3) is 6.50. The second kappa shape index (κ2) is 12.2. The maximum absolute atomic E-state index is 5.64. The second-order valence-corrected chi connectivity index (χ2v) is 6.15. The Morgan fingerprint density at radius 2 is 2.08 bits per heavy atom. The van der Waals surface area contributed by atoms with E-state index in [1.54, 1.807) is 14.2 Å². The molecule has 0 amide bonds. The highest BCUT2D eigenvalue weighted by atomic mass is 127. The van der Waals surface area contributed by atoms with Crippen molar-refractivity contribution in [2.45, 2.75) is 39.3 Å². The van der Waals surface area contributed by atoms with Crippen LogP contribution in [0.4, 0.5) is 0 Å². The molecule has 6 nitrogen and oxygen atoms in total. The second-order valence-electron chi connectivity index (χ2n) is 6.15. The Morgan fingerprint density at radius 1 is 1.27 bits per heavy atom. The monoisotopic (exact) mass is 476 g/mol. The summed E-state index contributed by atoms with van der Waals surface area (Å²) in [5, 5.41) is 6.82. The molecule has 2 N–H and O–H groups in total. The maximum Gasteiger partial charge on any atom is 0.191 e. The van der Waals surface area contributed by atoms with Gasteiger partial charge in [-0.25, -0.2) is 0 Å². The maximum atomic E-state index is 5.64. The van der Waals surface area contributed by atoms with Gasteiger partial charge in [-0.2, -0.15) is 0 Å². The van der Waals surface area contributed by atoms with E-state index >= 15 is 0 Å². The van der Waals surface area contributed by atoms with Gasteiger partial charge < -0.3 is 20.1 Å². The lowest BCUT2D eigenvalue weighted by molar-refractivity contribution is 0.267. The van der Waals surface area contributed by atoms with E-state index in [1.807, 2.05) is 25.1 Å². The van der Waals surface area contributed by atoms with Crippen LogP contribution in [-0.4, -0.2) is 57.3 Å². The molecule has 26 heavy (non-hydrogen) atoms. The average Bonchev–Trinajstić information content (AvgIpc) is 3.10. The van der Waals surface area contributed by atoms with Crippen molar-refractivity contribution in [2.75, 3.05) is 40.4 Å². The number of hydrogen-bond donors (Lipinski definition) is 2. The fraction of sp³-hybridized carbons (Fsp3) is 0.632. The molecule has 0 saturated carbocycles. The van der Waals surface area contributed by atoms with Crippen LogP contribution in [0.2, 0.25) is 0 Å². The van der Waals surface area contributed by atoms with E-state index < -0.39 is 0 Å². The lowest BCUT2D eigenvalue weighted by atomic mass is 10.2. The zero-order valence-electron chi connectivity index (χ0n) is 16.4. The molecule has 1 heterocycles. The van der Waals surface area contributed by atoms with Gasteiger partial charge in [0.25, 0.3) is 0 Å². The molecule has 1 aliphatic rings. The third-order valence-electron chi connectivity index (χ3n) is 4.62. The molecule has 1 aliphatic heterocycles. The normalized spacial score (nSPS) is 17.5. The summed E-state index contributed by atoms with van der Waals surface area (Å²) in [4.78, 5) is 6.85. The molecule has 148 valence electrons. The van der Waals surface area contributed by atoms with Crippen molar-refractivity contribution in [3.05, 3.63) is 23.8 Å². The van der Waals surface area contributed by atoms with Crippen molar-refractivity contribution in [1.29, 1.82) is 0 Å². The van der Waals surface area contributed by atoms with E-state index in [2.05, 4.69) is 27.4 Å². The fourth-order valence-corrected chi connectivity index (χ4v) is 3.26. The van der Waals surface area contributed by atoms with Crippen LogP contribution in [0, 0.1) is 0 Å². The third-order valence-corrected chi connectivity index (χ3v) is 4.62. The van der Waals surface area contributed by atoms with Crippen LogP contribution in [-0.2, 0) is 6.54 Å². The molecular formula is C19H33IN4O2. The lowest BCUT2D eigenvalue weighted by Gasteiger charge is -2.24. The van der Waals surface area contributed by atoms with E-state index in [1.165, 1.54) is 19.4 Å². The highest BCUT2D eigenvalue weighted by molar-refractivity contribution is 14.0. The number of ether oxygens (including phenoxy) is 2. The van der Waals surface area contributed by atoms with Crippen molar-refractivity contribution in [3.8, 4) is 11.5 Å². The quantitative estimate of drug-likeness (QED) is 0.344. The molecule has 0 bridgehead atoms. The molecule has 1 fully saturated rings. The summed E-state index contributed by atoms with van der Waals surface area (Å²) in [6, 6.07) is 6.60. The molecule has 0 spiro atoms. The van der Waals surface area contributed by atoms with Gasteiger partial charge in [-0.05, 0) is 50.6 Å². The minimum absolute atomic E-state index is 0. The van der Waals surface area contributed by atoms with Gasteiger partial charge in [0.05, 0.1) is 13.7 Å². The molecule has 1 aromatic rings. The first-order valence-corrected chi connectivity index (χ1v) is 9.20. The van der Waals surface area contributed by atoms with Gasteiger partial charge in [0.1, 0.15) is 0 Å². The molecule has 0 aliphatic carbocycles. The Labute approximate surface area is 174 Å². The highest BCUT2D eigenvalue weighted by Gasteiger charge is 2.22. The van der Waals surface area contributed by atoms with Crippen molar-refractivity contribution in [3.63, 3.8) is 0 Å². The number of guanidine groups is 1. The molecule has 0 aromatic heterocycles. The Hall–Kier alpha value is -1.22. The van der Waals surface area contributed by atoms with Gasteiger partial charge in [0.2, 0.25) is 0 Å². The van der Waals surface area contributed by atoms with Crippen LogP contribution in [0.15, 0.2) is 23.2 Å². The van der Waals surface area contributed by atoms with Crippen molar-refractivity contribution >= 4 is 29.9 Å². The van der Waals surface area contributed by atoms with Gasteiger partial charge in [0, 0.05) is 26.2 Å². The summed E-state index contributed by atoms with van der Waals surface area (Å²) in [6.07, 6.45) is 2.55. The SMILES string of the molecule is CCOc1cc(CNC(=NC)NCC2CCCN2CC)ccc1OC.I. The van der Waals surface area contributed by atoms with Crippen LogP contribution >= 0.6 is 24.0 Å². The van der Waals surface area contributed by atoms with Gasteiger partial charge >= 0.3 is 0 Å². The summed E-state index contributed by atoms with van der Waals surface area (Å²) < 4.78 is 11.0. The van der Waals surface area contributed by atoms with Crippen LogP contribution in [0.1, 0.15) is 32.3 Å². The van der Waals surface area contributed by atoms with Crippen molar-refractivity contribution < 1.29 is 9.47 Å². The van der Waals surface area contributed by atoms with Crippen molar-refractivity contribution in [1.82, 2.24) is 15.5 Å². The van der Waals surface area contributed by atoms with E-state index in [0.717, 1.165) is 36.1 Å². The Morgan fingerprint density at radius 3 is 2.73 bits per heavy atom. The fourth-order valence-electron chi connectivity index (χ4n) is 3.26. The van der Waals surface area contributed by atoms with Crippen LogP contribution < -0.4 is 20.1 Å².